The second kappa shape index (κ2) is 8.78. The number of hydroxylamine groups is 2. The monoisotopic (exact) mass is 428 g/mol. The average molecular weight is 428 g/mol. The van der Waals surface area contributed by atoms with Crippen molar-refractivity contribution in [1.82, 2.24) is 19.9 Å². The number of anilines is 1. The van der Waals surface area contributed by atoms with Crippen LogP contribution < -0.4 is 11.1 Å². The summed E-state index contributed by atoms with van der Waals surface area (Å²) in [7, 11) is 0. The third-order valence-corrected chi connectivity index (χ3v) is 4.16. The Bertz CT molecular complexity index is 857. The summed E-state index contributed by atoms with van der Waals surface area (Å²) >= 11 is 0.853. The molecule has 2 aliphatic rings. The molecule has 2 saturated heterocycles. The molecule has 29 heavy (non-hydrogen) atoms. The van der Waals surface area contributed by atoms with Crippen molar-refractivity contribution in [2.24, 2.45) is 5.16 Å². The Kier molecular flexibility index (Phi) is 6.18. The molecule has 1 aromatic rings. The van der Waals surface area contributed by atoms with Gasteiger partial charge in [0.15, 0.2) is 5.13 Å². The molecule has 156 valence electrons. The molecule has 1 unspecified atom stereocenters. The number of nitrogens with one attached hydrogen (secondary N) is 1. The first kappa shape index (κ1) is 20.4. The van der Waals surface area contributed by atoms with Gasteiger partial charge in [0, 0.05) is 24.4 Å². The number of nitrogens with zero attached hydrogens (tertiary/aromatic N) is 4. The standard InChI is InChI=1S/C14H16N6O8S/c1-2-25-18-9(10-17-14(15)29-19-10)11(22)16-6-5-26-20(12(6)23)28-13(24)7-3-4-8(21)27-7/h6-7H,2-5H2,1H3,(H,16,22)(H2,15,17,19)/t6-,7?/m0/s1. The van der Waals surface area contributed by atoms with Crippen LogP contribution in [0.1, 0.15) is 25.6 Å². The van der Waals surface area contributed by atoms with E-state index in [1.807, 2.05) is 0 Å². The third kappa shape index (κ3) is 4.75. The van der Waals surface area contributed by atoms with Crippen LogP contribution in [-0.2, 0) is 38.4 Å². The number of cyclic esters (lactones) is 1. The van der Waals surface area contributed by atoms with Crippen molar-refractivity contribution in [2.45, 2.75) is 31.9 Å². The fraction of sp³-hybridized carbons (Fsp3) is 0.500. The Morgan fingerprint density at radius 1 is 1.45 bits per heavy atom. The predicted molar refractivity (Wildman–Crippen MR) is 92.4 cm³/mol. The van der Waals surface area contributed by atoms with Gasteiger partial charge in [0.25, 0.3) is 5.91 Å². The summed E-state index contributed by atoms with van der Waals surface area (Å²) in [4.78, 5) is 66.3. The van der Waals surface area contributed by atoms with E-state index < -0.39 is 35.9 Å². The summed E-state index contributed by atoms with van der Waals surface area (Å²) in [5.41, 5.74) is 5.22. The fourth-order valence-corrected chi connectivity index (χ4v) is 2.72. The topological polar surface area (TPSA) is 185 Å². The lowest BCUT2D eigenvalue weighted by Gasteiger charge is -2.15. The molecule has 15 heteroatoms. The molecule has 0 spiro atoms. The lowest BCUT2D eigenvalue weighted by atomic mass is 10.2. The van der Waals surface area contributed by atoms with E-state index in [4.69, 9.17) is 25.0 Å². The van der Waals surface area contributed by atoms with Crippen LogP contribution in [0.5, 0.6) is 0 Å². The number of esters is 1. The van der Waals surface area contributed by atoms with Gasteiger partial charge >= 0.3 is 17.8 Å². The summed E-state index contributed by atoms with van der Waals surface area (Å²) < 4.78 is 8.64. The number of nitrogen functional groups attached to an aromatic ring is 1. The van der Waals surface area contributed by atoms with Crippen molar-refractivity contribution in [1.29, 1.82) is 0 Å². The summed E-state index contributed by atoms with van der Waals surface area (Å²) in [6.45, 7) is 1.53. The van der Waals surface area contributed by atoms with E-state index in [1.165, 1.54) is 0 Å². The molecule has 2 atom stereocenters. The second-order valence-electron chi connectivity index (χ2n) is 5.66. The Balaban J connectivity index is 1.60. The van der Waals surface area contributed by atoms with E-state index in [0.29, 0.717) is 5.23 Å². The van der Waals surface area contributed by atoms with Gasteiger partial charge in [-0.3, -0.25) is 14.4 Å². The lowest BCUT2D eigenvalue weighted by molar-refractivity contribution is -0.306. The van der Waals surface area contributed by atoms with Gasteiger partial charge in [-0.2, -0.15) is 9.36 Å². The van der Waals surface area contributed by atoms with Gasteiger partial charge in [0.1, 0.15) is 19.3 Å². The van der Waals surface area contributed by atoms with Crippen molar-refractivity contribution in [3.63, 3.8) is 0 Å². The highest BCUT2D eigenvalue weighted by Gasteiger charge is 2.41. The first-order valence-electron chi connectivity index (χ1n) is 8.37. The molecule has 2 amide bonds. The average Bonchev–Trinajstić information content (AvgIpc) is 3.39. The number of rotatable bonds is 7. The number of carbonyl (C=O) groups is 4. The Morgan fingerprint density at radius 2 is 2.24 bits per heavy atom. The minimum absolute atomic E-state index is 0.0730. The molecular weight excluding hydrogens is 412 g/mol. The molecule has 2 aliphatic heterocycles. The van der Waals surface area contributed by atoms with E-state index in [1.54, 1.807) is 6.92 Å². The number of aromatic nitrogens is 2. The molecule has 0 radical (unpaired) electrons. The number of oxime groups is 1. The molecule has 3 rings (SSSR count). The van der Waals surface area contributed by atoms with Crippen LogP contribution in [0.2, 0.25) is 0 Å². The molecule has 3 N–H and O–H groups in total. The first-order valence-corrected chi connectivity index (χ1v) is 9.15. The fourth-order valence-electron chi connectivity index (χ4n) is 2.28. The maximum atomic E-state index is 12.5. The molecule has 0 aliphatic carbocycles. The van der Waals surface area contributed by atoms with Crippen LogP contribution in [0, 0.1) is 0 Å². The Morgan fingerprint density at radius 3 is 2.86 bits per heavy atom. The van der Waals surface area contributed by atoms with Gasteiger partial charge < -0.3 is 25.5 Å². The van der Waals surface area contributed by atoms with Crippen LogP contribution in [0.15, 0.2) is 5.16 Å². The van der Waals surface area contributed by atoms with Crippen LogP contribution in [0.25, 0.3) is 0 Å². The van der Waals surface area contributed by atoms with Crippen LogP contribution in [-0.4, -0.2) is 69.4 Å². The first-order chi connectivity index (χ1) is 13.9. The van der Waals surface area contributed by atoms with Gasteiger partial charge in [0.05, 0.1) is 0 Å². The van der Waals surface area contributed by atoms with Crippen molar-refractivity contribution in [2.75, 3.05) is 18.9 Å². The number of ether oxygens (including phenoxy) is 1. The quantitative estimate of drug-likeness (QED) is 0.286. The normalized spacial score (nSPS) is 21.8. The van der Waals surface area contributed by atoms with Gasteiger partial charge in [-0.05, 0) is 12.2 Å². The zero-order valence-electron chi connectivity index (χ0n) is 15.0. The third-order valence-electron chi connectivity index (χ3n) is 3.62. The van der Waals surface area contributed by atoms with Crippen molar-refractivity contribution < 1.29 is 38.4 Å². The Hall–Kier alpha value is -3.33. The van der Waals surface area contributed by atoms with E-state index in [2.05, 4.69) is 19.8 Å². The maximum Gasteiger partial charge on any atom is 0.375 e. The maximum absolute atomic E-state index is 12.5. The van der Waals surface area contributed by atoms with Crippen molar-refractivity contribution >= 4 is 46.1 Å². The highest BCUT2D eigenvalue weighted by molar-refractivity contribution is 7.09. The molecular formula is C14H16N6O8S. The highest BCUT2D eigenvalue weighted by atomic mass is 32.1. The molecule has 2 fully saturated rings. The number of nitrogens with two attached hydrogens (primary N) is 1. The van der Waals surface area contributed by atoms with E-state index in [0.717, 1.165) is 11.5 Å². The van der Waals surface area contributed by atoms with Crippen molar-refractivity contribution in [3.8, 4) is 0 Å². The van der Waals surface area contributed by atoms with E-state index in [-0.39, 0.29) is 42.7 Å². The zero-order valence-corrected chi connectivity index (χ0v) is 15.8. The number of carbonyl (C=O) groups excluding carboxylic acids is 4. The summed E-state index contributed by atoms with van der Waals surface area (Å²) in [6, 6.07) is -1.18. The molecule has 1 aromatic heterocycles. The minimum atomic E-state index is -1.18. The highest BCUT2D eigenvalue weighted by Crippen LogP contribution is 2.17. The summed E-state index contributed by atoms with van der Waals surface area (Å²) in [5.74, 6) is -3.25. The van der Waals surface area contributed by atoms with Gasteiger partial charge in [0.2, 0.25) is 17.6 Å². The largest absolute Gasteiger partial charge is 0.450 e. The predicted octanol–water partition coefficient (Wildman–Crippen LogP) is -1.72. The summed E-state index contributed by atoms with van der Waals surface area (Å²) in [5, 5.41) is 6.46. The van der Waals surface area contributed by atoms with Crippen LogP contribution in [0.3, 0.4) is 0 Å². The number of hydrogen-bond acceptors (Lipinski definition) is 13. The van der Waals surface area contributed by atoms with Gasteiger partial charge in [-0.25, -0.2) is 9.63 Å². The molecule has 14 nitrogen and oxygen atoms in total. The number of hydrogen-bond donors (Lipinski definition) is 2. The molecule has 0 bridgehead atoms. The van der Waals surface area contributed by atoms with Gasteiger partial charge in [-0.1, -0.05) is 5.16 Å². The van der Waals surface area contributed by atoms with Crippen LogP contribution in [0.4, 0.5) is 5.13 Å². The zero-order chi connectivity index (χ0) is 21.0. The SMILES string of the molecule is CCON=C(C(=O)N[C@H]1CON(OC(=O)C2CCC(=O)O2)C1=O)c1nsc(N)n1. The van der Waals surface area contributed by atoms with Crippen molar-refractivity contribution in [3.05, 3.63) is 5.82 Å². The minimum Gasteiger partial charge on any atom is -0.450 e. The second-order valence-corrected chi connectivity index (χ2v) is 6.44. The number of amides is 2. The van der Waals surface area contributed by atoms with Crippen LogP contribution >= 0.6 is 11.5 Å². The smallest absolute Gasteiger partial charge is 0.375 e. The molecule has 3 heterocycles. The van der Waals surface area contributed by atoms with E-state index >= 15 is 0 Å². The van der Waals surface area contributed by atoms with Gasteiger partial charge in [-0.15, -0.1) is 0 Å². The Labute approximate surface area is 167 Å². The van der Waals surface area contributed by atoms with E-state index in [9.17, 15) is 19.2 Å². The summed E-state index contributed by atoms with van der Waals surface area (Å²) in [6.07, 6.45) is -0.899. The molecule has 0 saturated carbocycles. The lowest BCUT2D eigenvalue weighted by Crippen LogP contribution is -2.46. The molecule has 0 aromatic carbocycles.